The van der Waals surface area contributed by atoms with Gasteiger partial charge in [0.2, 0.25) is 11.8 Å². The zero-order chi connectivity index (χ0) is 19.2. The van der Waals surface area contributed by atoms with Crippen molar-refractivity contribution in [2.24, 2.45) is 5.92 Å². The van der Waals surface area contributed by atoms with Crippen LogP contribution in [0.25, 0.3) is 0 Å². The Balaban J connectivity index is 1.52. The Morgan fingerprint density at radius 1 is 1.11 bits per heavy atom. The predicted octanol–water partition coefficient (Wildman–Crippen LogP) is 2.40. The number of benzene rings is 1. The highest BCUT2D eigenvalue weighted by Gasteiger charge is 2.30. The van der Waals surface area contributed by atoms with Crippen LogP contribution in [0.15, 0.2) is 42.7 Å². The van der Waals surface area contributed by atoms with Gasteiger partial charge in [-0.1, -0.05) is 12.1 Å². The number of hydrogen-bond acceptors (Lipinski definition) is 4. The van der Waals surface area contributed by atoms with Gasteiger partial charge in [-0.25, -0.2) is 0 Å². The number of nitrogens with zero attached hydrogens (tertiary/aromatic N) is 1. The molecule has 1 aliphatic rings. The van der Waals surface area contributed by atoms with Crippen LogP contribution in [0.1, 0.15) is 23.1 Å². The van der Waals surface area contributed by atoms with Gasteiger partial charge in [-0.2, -0.15) is 0 Å². The molecule has 3 rings (SSSR count). The minimum Gasteiger partial charge on any atom is -0.379 e. The molecule has 1 fully saturated rings. The molecule has 2 aromatic rings. The molecule has 0 spiro atoms. The quantitative estimate of drug-likeness (QED) is 0.769. The highest BCUT2D eigenvalue weighted by atomic mass is 16.5. The molecule has 2 N–H and O–H groups in total. The predicted molar refractivity (Wildman–Crippen MR) is 103 cm³/mol. The molecule has 142 valence electrons. The molecule has 1 aromatic carbocycles. The molecular formula is C21H25N3O3. The number of ether oxygens (including phenoxy) is 1. The van der Waals surface area contributed by atoms with Gasteiger partial charge in [0, 0.05) is 24.0 Å². The lowest BCUT2D eigenvalue weighted by atomic mass is 9.95. The van der Waals surface area contributed by atoms with Gasteiger partial charge in [-0.05, 0) is 55.2 Å². The first-order valence-electron chi connectivity index (χ1n) is 9.15. The van der Waals surface area contributed by atoms with Crippen LogP contribution in [0.2, 0.25) is 0 Å². The number of aromatic nitrogens is 1. The number of rotatable bonds is 6. The van der Waals surface area contributed by atoms with E-state index in [4.69, 9.17) is 4.74 Å². The number of pyridine rings is 1. The number of amides is 2. The van der Waals surface area contributed by atoms with Crippen molar-refractivity contribution in [3.63, 3.8) is 0 Å². The van der Waals surface area contributed by atoms with E-state index in [9.17, 15) is 9.59 Å². The lowest BCUT2D eigenvalue weighted by Crippen LogP contribution is -2.41. The van der Waals surface area contributed by atoms with Crippen LogP contribution in [-0.4, -0.2) is 36.1 Å². The second-order valence-electron chi connectivity index (χ2n) is 7.00. The second-order valence-corrected chi connectivity index (χ2v) is 7.00. The summed E-state index contributed by atoms with van der Waals surface area (Å²) in [6.07, 6.45) is 4.13. The maximum atomic E-state index is 12.3. The lowest BCUT2D eigenvalue weighted by molar-refractivity contribution is -0.127. The Morgan fingerprint density at radius 2 is 1.89 bits per heavy atom. The molecule has 1 aromatic heterocycles. The molecule has 6 nitrogen and oxygen atoms in total. The smallest absolute Gasteiger partial charge is 0.233 e. The van der Waals surface area contributed by atoms with Gasteiger partial charge >= 0.3 is 0 Å². The minimum absolute atomic E-state index is 0.0841. The highest BCUT2D eigenvalue weighted by Crippen LogP contribution is 2.20. The van der Waals surface area contributed by atoms with Gasteiger partial charge in [-0.15, -0.1) is 0 Å². The van der Waals surface area contributed by atoms with Gasteiger partial charge in [-0.3, -0.25) is 14.6 Å². The van der Waals surface area contributed by atoms with E-state index in [1.54, 1.807) is 12.4 Å². The molecule has 2 heterocycles. The fourth-order valence-electron chi connectivity index (χ4n) is 3.27. The van der Waals surface area contributed by atoms with Crippen molar-refractivity contribution in [2.75, 3.05) is 18.5 Å². The summed E-state index contributed by atoms with van der Waals surface area (Å²) in [5.74, 6) is -0.405. The Bertz CT molecular complexity index is 808. The second kappa shape index (κ2) is 8.77. The maximum Gasteiger partial charge on any atom is 0.233 e. The first kappa shape index (κ1) is 19.0. The third kappa shape index (κ3) is 5.14. The monoisotopic (exact) mass is 367 g/mol. The van der Waals surface area contributed by atoms with Gasteiger partial charge in [0.25, 0.3) is 0 Å². The van der Waals surface area contributed by atoms with E-state index in [-0.39, 0.29) is 30.2 Å². The van der Waals surface area contributed by atoms with Crippen molar-refractivity contribution in [3.8, 4) is 0 Å². The Morgan fingerprint density at radius 3 is 2.67 bits per heavy atom. The molecule has 0 aliphatic carbocycles. The summed E-state index contributed by atoms with van der Waals surface area (Å²) in [5, 5.41) is 5.77. The molecule has 2 amide bonds. The summed E-state index contributed by atoms with van der Waals surface area (Å²) in [7, 11) is 0. The molecule has 6 heteroatoms. The van der Waals surface area contributed by atoms with Crippen LogP contribution in [0, 0.1) is 19.8 Å². The molecule has 1 aliphatic heterocycles. The summed E-state index contributed by atoms with van der Waals surface area (Å²) in [5.41, 5.74) is 4.01. The largest absolute Gasteiger partial charge is 0.379 e. The van der Waals surface area contributed by atoms with Crippen LogP contribution < -0.4 is 10.6 Å². The maximum absolute atomic E-state index is 12.3. The molecule has 0 unspecified atom stereocenters. The van der Waals surface area contributed by atoms with E-state index >= 15 is 0 Å². The lowest BCUT2D eigenvalue weighted by Gasteiger charge is -2.19. The van der Waals surface area contributed by atoms with E-state index in [1.165, 1.54) is 0 Å². The van der Waals surface area contributed by atoms with Crippen LogP contribution in [-0.2, 0) is 20.7 Å². The van der Waals surface area contributed by atoms with Crippen molar-refractivity contribution in [3.05, 3.63) is 59.4 Å². The van der Waals surface area contributed by atoms with Crippen molar-refractivity contribution in [1.82, 2.24) is 10.3 Å². The summed E-state index contributed by atoms with van der Waals surface area (Å²) in [6, 6.07) is 9.56. The molecule has 1 saturated heterocycles. The highest BCUT2D eigenvalue weighted by molar-refractivity contribution is 6.04. The van der Waals surface area contributed by atoms with E-state index in [2.05, 4.69) is 15.6 Å². The van der Waals surface area contributed by atoms with Crippen molar-refractivity contribution in [2.45, 2.75) is 32.7 Å². The number of aryl methyl sites for hydroxylation is 1. The van der Waals surface area contributed by atoms with E-state index in [1.807, 2.05) is 44.2 Å². The van der Waals surface area contributed by atoms with Gasteiger partial charge < -0.3 is 15.4 Å². The topological polar surface area (TPSA) is 80.3 Å². The SMILES string of the molecule is Cc1cccc(NC(=O)CC(=O)N[C@H]2COC[C@H]2Cc2ccncc2)c1C. The zero-order valence-corrected chi connectivity index (χ0v) is 15.7. The number of hydrogen-bond donors (Lipinski definition) is 2. The van der Waals surface area contributed by atoms with Crippen molar-refractivity contribution < 1.29 is 14.3 Å². The molecule has 2 atom stereocenters. The molecular weight excluding hydrogens is 342 g/mol. The number of carbonyl (C=O) groups excluding carboxylic acids is 2. The zero-order valence-electron chi connectivity index (χ0n) is 15.7. The third-order valence-corrected chi connectivity index (χ3v) is 4.99. The minimum atomic E-state index is -0.314. The number of carbonyl (C=O) groups is 2. The van der Waals surface area contributed by atoms with Crippen LogP contribution in [0.3, 0.4) is 0 Å². The molecule has 0 radical (unpaired) electrons. The van der Waals surface area contributed by atoms with E-state index in [0.29, 0.717) is 13.2 Å². The van der Waals surface area contributed by atoms with E-state index < -0.39 is 0 Å². The van der Waals surface area contributed by atoms with Crippen LogP contribution in [0.5, 0.6) is 0 Å². The fourth-order valence-corrected chi connectivity index (χ4v) is 3.27. The average Bonchev–Trinajstić information content (AvgIpc) is 3.06. The Labute approximate surface area is 159 Å². The van der Waals surface area contributed by atoms with Crippen molar-refractivity contribution in [1.29, 1.82) is 0 Å². The number of nitrogens with one attached hydrogen (secondary N) is 2. The summed E-state index contributed by atoms with van der Waals surface area (Å²) >= 11 is 0. The van der Waals surface area contributed by atoms with Crippen molar-refractivity contribution >= 4 is 17.5 Å². The third-order valence-electron chi connectivity index (χ3n) is 4.99. The first-order chi connectivity index (χ1) is 13.0. The first-order valence-corrected chi connectivity index (χ1v) is 9.15. The molecule has 0 saturated carbocycles. The molecule has 27 heavy (non-hydrogen) atoms. The average molecular weight is 367 g/mol. The summed E-state index contributed by atoms with van der Waals surface area (Å²) < 4.78 is 5.54. The van der Waals surface area contributed by atoms with E-state index in [0.717, 1.165) is 28.8 Å². The summed E-state index contributed by atoms with van der Waals surface area (Å²) in [4.78, 5) is 28.6. The fraction of sp³-hybridized carbons (Fsp3) is 0.381. The Hall–Kier alpha value is -2.73. The molecule has 0 bridgehead atoms. The van der Waals surface area contributed by atoms with Crippen LogP contribution in [0.4, 0.5) is 5.69 Å². The van der Waals surface area contributed by atoms with Gasteiger partial charge in [0.1, 0.15) is 6.42 Å². The van der Waals surface area contributed by atoms with Gasteiger partial charge in [0.15, 0.2) is 0 Å². The number of anilines is 1. The van der Waals surface area contributed by atoms with Gasteiger partial charge in [0.05, 0.1) is 19.3 Å². The normalized spacial score (nSPS) is 18.9. The Kier molecular flexibility index (Phi) is 6.19. The van der Waals surface area contributed by atoms with Crippen LogP contribution >= 0.6 is 0 Å². The standard InChI is InChI=1S/C21H25N3O3/c1-14-4-3-5-18(15(14)2)23-20(25)11-21(26)24-19-13-27-12-17(19)10-16-6-8-22-9-7-16/h3-9,17,19H,10-13H2,1-2H3,(H,23,25)(H,24,26)/t17-,19+/m1/s1. The summed E-state index contributed by atoms with van der Waals surface area (Å²) in [6.45, 7) is 5.01.